The van der Waals surface area contributed by atoms with Gasteiger partial charge in [0, 0.05) is 0 Å². The molecule has 0 unspecified atom stereocenters. The second-order valence-electron chi connectivity index (χ2n) is 11.9. The minimum atomic E-state index is -2.54. The molecule has 8 nitrogen and oxygen atoms in total. The minimum absolute atomic E-state index is 0.857. The number of hydrogen-bond donors (Lipinski definition) is 0. The van der Waals surface area contributed by atoms with E-state index in [0.717, 1.165) is 48.4 Å². The second-order valence-corrected chi connectivity index (χ2v) is 40.6. The van der Waals surface area contributed by atoms with Crippen molar-refractivity contribution >= 4 is 68.5 Å². The first-order chi connectivity index (χ1) is 14.5. The van der Waals surface area contributed by atoms with Crippen LogP contribution in [0.5, 0.6) is 0 Å². The normalized spacial score (nSPS) is 60.8. The SMILES string of the molecule is C[Si]12CC[Si]3(C)O[Si]4(C)CC[Si](C)(O1)O[Si]1(C)CC[Si](C)(O4)O[Si](C)(CC[Si](C)(O2)O1)O3. The Morgan fingerprint density at radius 3 is 0.438 bits per heavy atom. The summed E-state index contributed by atoms with van der Waals surface area (Å²) in [4.78, 5) is 0. The van der Waals surface area contributed by atoms with Gasteiger partial charge in [0.05, 0.1) is 0 Å². The maximum Gasteiger partial charge on any atom is 0.317 e. The first-order valence-electron chi connectivity index (χ1n) is 12.1. The van der Waals surface area contributed by atoms with Gasteiger partial charge in [-0.15, -0.1) is 0 Å². The Morgan fingerprint density at radius 2 is 0.344 bits per heavy atom. The third-order valence-corrected chi connectivity index (χ3v) is 46.5. The molecule has 0 aromatic rings. The van der Waals surface area contributed by atoms with Crippen molar-refractivity contribution in [1.82, 2.24) is 0 Å². The maximum atomic E-state index is 7.14. The molecule has 0 aliphatic carbocycles. The Balaban J connectivity index is 1.74. The van der Waals surface area contributed by atoms with E-state index in [-0.39, 0.29) is 0 Å². The van der Waals surface area contributed by atoms with Gasteiger partial charge in [-0.05, 0) is 101 Å². The van der Waals surface area contributed by atoms with E-state index in [1.54, 1.807) is 0 Å². The molecule has 0 atom stereocenters. The van der Waals surface area contributed by atoms with Crippen LogP contribution in [0.3, 0.4) is 0 Å². The van der Waals surface area contributed by atoms with Crippen LogP contribution in [-0.2, 0) is 32.9 Å². The Morgan fingerprint density at radius 1 is 0.250 bits per heavy atom. The van der Waals surface area contributed by atoms with Crippen LogP contribution in [0.15, 0.2) is 0 Å². The highest BCUT2D eigenvalue weighted by Crippen LogP contribution is 2.48. The van der Waals surface area contributed by atoms with E-state index in [9.17, 15) is 0 Å². The van der Waals surface area contributed by atoms with Gasteiger partial charge in [0.15, 0.2) is 0 Å². The zero-order chi connectivity index (χ0) is 23.3. The van der Waals surface area contributed by atoms with Crippen LogP contribution in [0.4, 0.5) is 0 Å². The van der Waals surface area contributed by atoms with Gasteiger partial charge in [-0.25, -0.2) is 0 Å². The first-order valence-corrected chi connectivity index (χ1v) is 32.3. The molecular formula is C16H40O8Si8. The summed E-state index contributed by atoms with van der Waals surface area (Å²) in [5, 5.41) is 0. The lowest BCUT2D eigenvalue weighted by molar-refractivity contribution is 0.195. The van der Waals surface area contributed by atoms with Gasteiger partial charge < -0.3 is 32.9 Å². The van der Waals surface area contributed by atoms with Gasteiger partial charge in [-0.1, -0.05) is 0 Å². The fourth-order valence-electron chi connectivity index (χ4n) is 6.45. The molecule has 6 saturated heterocycles. The summed E-state index contributed by atoms with van der Waals surface area (Å²) in [6, 6.07) is 6.85. The van der Waals surface area contributed by atoms with Crippen molar-refractivity contribution in [1.29, 1.82) is 0 Å². The molecule has 0 aromatic heterocycles. The summed E-state index contributed by atoms with van der Waals surface area (Å²) >= 11 is 0. The molecule has 0 spiro atoms. The predicted octanol–water partition coefficient (Wildman–Crippen LogP) is 4.76. The number of fused-ring (bicyclic) bond motifs is 4. The quantitative estimate of drug-likeness (QED) is 0.377. The second kappa shape index (κ2) is 7.48. The fourth-order valence-corrected chi connectivity index (χ4v) is 61.1. The highest BCUT2D eigenvalue weighted by Gasteiger charge is 2.65. The summed E-state index contributed by atoms with van der Waals surface area (Å²) in [6.45, 7) is 17.9. The largest absolute Gasteiger partial charge is 0.416 e. The van der Waals surface area contributed by atoms with Crippen LogP contribution >= 0.6 is 0 Å². The molecule has 0 amide bonds. The van der Waals surface area contributed by atoms with Gasteiger partial charge in [-0.3, -0.25) is 0 Å². The summed E-state index contributed by atoms with van der Waals surface area (Å²) in [6.07, 6.45) is 0. The molecular weight excluding hydrogens is 545 g/mol. The van der Waals surface area contributed by atoms with Gasteiger partial charge >= 0.3 is 68.5 Å². The number of hydrogen-bond acceptors (Lipinski definition) is 8. The molecule has 0 N–H and O–H groups in total. The molecule has 0 radical (unpaired) electrons. The monoisotopic (exact) mass is 584 g/mol. The topological polar surface area (TPSA) is 73.8 Å². The zero-order valence-corrected chi connectivity index (χ0v) is 28.9. The smallest absolute Gasteiger partial charge is 0.317 e. The van der Waals surface area contributed by atoms with Crippen LogP contribution in [0, 0.1) is 0 Å². The van der Waals surface area contributed by atoms with Crippen molar-refractivity contribution in [2.45, 2.75) is 101 Å². The average molecular weight is 585 g/mol. The molecule has 6 heterocycles. The van der Waals surface area contributed by atoms with Gasteiger partial charge in [0.25, 0.3) is 0 Å². The molecule has 6 fully saturated rings. The fraction of sp³-hybridized carbons (Fsp3) is 1.00. The van der Waals surface area contributed by atoms with Crippen molar-refractivity contribution in [2.24, 2.45) is 0 Å². The summed E-state index contributed by atoms with van der Waals surface area (Å²) in [5.41, 5.74) is 0. The van der Waals surface area contributed by atoms with Crippen molar-refractivity contribution in [3.63, 3.8) is 0 Å². The molecule has 6 rings (SSSR count). The zero-order valence-electron chi connectivity index (χ0n) is 20.9. The standard InChI is InChI=1S/C16H40O8Si8/c1-25-9-10-28(4)21-30(6)13-11-26(2,17-25)19-29(5)15-16-32(8,23-30)24-31(7,22-28)14-12-27(3,18-25)20-29/h9-16H2,1-8H3. The average Bonchev–Trinajstić information content (AvgIpc) is 2.58. The molecule has 6 aliphatic rings. The van der Waals surface area contributed by atoms with Crippen LogP contribution in [0.1, 0.15) is 0 Å². The lowest BCUT2D eigenvalue weighted by Gasteiger charge is -2.57. The van der Waals surface area contributed by atoms with E-state index in [1.807, 2.05) is 0 Å². The van der Waals surface area contributed by atoms with Gasteiger partial charge in [-0.2, -0.15) is 0 Å². The number of rotatable bonds is 0. The van der Waals surface area contributed by atoms with Crippen LogP contribution in [0.25, 0.3) is 0 Å². The molecule has 0 saturated carbocycles. The summed E-state index contributed by atoms with van der Waals surface area (Å²) in [5.74, 6) is 0. The van der Waals surface area contributed by atoms with Crippen molar-refractivity contribution in [3.8, 4) is 0 Å². The van der Waals surface area contributed by atoms with Crippen LogP contribution in [-0.4, -0.2) is 68.5 Å². The van der Waals surface area contributed by atoms with Gasteiger partial charge in [0.2, 0.25) is 0 Å². The third kappa shape index (κ3) is 4.85. The minimum Gasteiger partial charge on any atom is -0.416 e. The Labute approximate surface area is 201 Å². The lowest BCUT2D eigenvalue weighted by atomic mass is 10.9. The van der Waals surface area contributed by atoms with Crippen LogP contribution < -0.4 is 0 Å². The third-order valence-electron chi connectivity index (χ3n) is 7.59. The molecule has 32 heavy (non-hydrogen) atoms. The summed E-state index contributed by atoms with van der Waals surface area (Å²) < 4.78 is 57.1. The van der Waals surface area contributed by atoms with E-state index in [0.29, 0.717) is 0 Å². The Bertz CT molecular complexity index is 592. The van der Waals surface area contributed by atoms with E-state index in [4.69, 9.17) is 32.9 Å². The molecule has 0 aromatic carbocycles. The lowest BCUT2D eigenvalue weighted by Crippen LogP contribution is -2.73. The van der Waals surface area contributed by atoms with Crippen molar-refractivity contribution in [2.75, 3.05) is 0 Å². The van der Waals surface area contributed by atoms with Gasteiger partial charge in [0.1, 0.15) is 0 Å². The van der Waals surface area contributed by atoms with E-state index >= 15 is 0 Å². The van der Waals surface area contributed by atoms with E-state index in [2.05, 4.69) is 52.4 Å². The Hall–Kier alpha value is 1.42. The highest BCUT2D eigenvalue weighted by atomic mass is 28.5. The summed E-state index contributed by atoms with van der Waals surface area (Å²) in [7, 11) is -20.3. The molecule has 6 aliphatic heterocycles. The van der Waals surface area contributed by atoms with E-state index < -0.39 is 68.5 Å². The van der Waals surface area contributed by atoms with Crippen molar-refractivity contribution in [3.05, 3.63) is 0 Å². The molecule has 16 heteroatoms. The molecule has 184 valence electrons. The Kier molecular flexibility index (Phi) is 5.86. The maximum absolute atomic E-state index is 7.14. The molecule has 8 bridgehead atoms. The van der Waals surface area contributed by atoms with E-state index in [1.165, 1.54) is 0 Å². The van der Waals surface area contributed by atoms with Crippen molar-refractivity contribution < 1.29 is 32.9 Å². The predicted molar refractivity (Wildman–Crippen MR) is 140 cm³/mol. The van der Waals surface area contributed by atoms with Crippen LogP contribution in [0.2, 0.25) is 101 Å². The first kappa shape index (κ1) is 25.1. The highest BCUT2D eigenvalue weighted by molar-refractivity contribution is 6.99.